The summed E-state index contributed by atoms with van der Waals surface area (Å²) in [6.45, 7) is 0.159. The number of nitrogens with two attached hydrogens (primary N) is 8. The van der Waals surface area contributed by atoms with Gasteiger partial charge in [-0.05, 0) is 126 Å². The van der Waals surface area contributed by atoms with Crippen LogP contribution in [0.25, 0.3) is 22.3 Å². The van der Waals surface area contributed by atoms with Gasteiger partial charge in [-0.2, -0.15) is 4.98 Å². The van der Waals surface area contributed by atoms with Gasteiger partial charge in [0.1, 0.15) is 54.6 Å². The average Bonchev–Trinajstić information content (AvgIpc) is 1.75. The molecule has 3 aliphatic rings. The largest absolute Gasteiger partial charge is 0.382 e. The molecule has 38 N–H and O–H groups in total. The van der Waals surface area contributed by atoms with Gasteiger partial charge in [0, 0.05) is 84.3 Å². The number of morpholine rings is 3. The van der Waals surface area contributed by atoms with Crippen molar-refractivity contribution in [2.45, 2.75) is 170 Å². The third kappa shape index (κ3) is 34.5. The fourth-order valence-electron chi connectivity index (χ4n) is 15.3. The molecule has 66 heteroatoms. The number of guanidine groups is 6. The molecule has 5 aromatic rings. The summed E-state index contributed by atoms with van der Waals surface area (Å²) in [6, 6.07) is -8.63. The van der Waals surface area contributed by atoms with Gasteiger partial charge in [-0.25, -0.2) is 48.1 Å². The number of H-pyrrole nitrogens is 2. The lowest BCUT2D eigenvalue weighted by atomic mass is 10.0. The van der Waals surface area contributed by atoms with Crippen LogP contribution >= 0.6 is 22.9 Å². The third-order valence-electron chi connectivity index (χ3n) is 22.8. The number of hydrogen-bond acceptors (Lipinski definition) is 34. The highest BCUT2D eigenvalue weighted by Crippen LogP contribution is 2.57. The number of imidazole rings is 2. The van der Waals surface area contributed by atoms with E-state index in [0.717, 1.165) is 4.57 Å². The Labute approximate surface area is 821 Å². The maximum Gasteiger partial charge on any atom is 0.345 e. The highest BCUT2D eigenvalue weighted by Gasteiger charge is 2.48. The van der Waals surface area contributed by atoms with Crippen molar-refractivity contribution >= 4 is 134 Å². The first-order valence-electron chi connectivity index (χ1n) is 45.6. The van der Waals surface area contributed by atoms with Crippen LogP contribution in [0.5, 0.6) is 0 Å². The summed E-state index contributed by atoms with van der Waals surface area (Å²) in [5.74, 6) is -8.73. The molecule has 8 heterocycles. The molecule has 0 bridgehead atoms. The van der Waals surface area contributed by atoms with Crippen LogP contribution in [0.2, 0.25) is 0 Å². The molecule has 3 saturated heterocycles. The first-order valence-corrected chi connectivity index (χ1v) is 50.7. The van der Waals surface area contributed by atoms with Gasteiger partial charge in [0.15, 0.2) is 70.8 Å². The number of fused-ring (bicyclic) bond motifs is 2. The highest BCUT2D eigenvalue weighted by atomic mass is 31.2. The number of nitrogen functional groups attached to an aromatic ring is 2. The fourth-order valence-corrected chi connectivity index (χ4v) is 20.0. The van der Waals surface area contributed by atoms with Crippen molar-refractivity contribution in [3.8, 4) is 0 Å². The van der Waals surface area contributed by atoms with Gasteiger partial charge in [0.25, 0.3) is 18.6 Å². The average molecular weight is 2080 g/mol. The molecule has 7 amide bonds. The predicted molar refractivity (Wildman–Crippen MR) is 524 cm³/mol. The van der Waals surface area contributed by atoms with Crippen molar-refractivity contribution in [2.75, 3.05) is 165 Å². The molecule has 3 aliphatic heterocycles. The predicted octanol–water partition coefficient (Wildman–Crippen LogP) is -8.70. The van der Waals surface area contributed by atoms with Crippen LogP contribution in [0.4, 0.5) is 11.8 Å². The molecular formula is C77H138N43O20P3. The van der Waals surface area contributed by atoms with Gasteiger partial charge in [0.2, 0.25) is 47.3 Å². The van der Waals surface area contributed by atoms with E-state index in [-0.39, 0.29) is 214 Å². The molecule has 3 fully saturated rings. The Hall–Kier alpha value is -12.7. The van der Waals surface area contributed by atoms with Crippen LogP contribution in [0.1, 0.15) is 108 Å². The number of aromatic nitrogens is 10. The van der Waals surface area contributed by atoms with E-state index in [2.05, 4.69) is 104 Å². The standard InChI is InChI=1S/C77H138N43O20P3/c1-42-29-118(77(131)111-62(42)123)55-34-116(31-45(139-55)36-135-141(9,132)112(3)4)142(133,113(5)6)137-38-46-32-117(35-56(140-46)119-40-101-57-59(78)99-39-100-60(57)119)143(134,114(7)8)136-37-44-30-115(33-54(138-44)120-41-102-58-61(120)109-76(91)110-69(58)130)53(122)28-98-63(124)47(16-10-22-92-70(79)80)104-65(126)49(18-12-24-94-72(83)84)106-67(128)51(20-14-26-96-74(87)88)108-68(129)52(21-15-27-97-75(89)90)107-66(127)50(19-13-25-95-73(85)86)105-64(125)48(103-43(2)121)17-11-23-93-71(81)82/h29,39-41,44-52,54-56,68,108,129H,10-28,30-38H2,1-9H3,(H,98,124)(H,103,121)(H,104,126)(H,105,125)(H,106,128)(H,107,127)(H2,78,99,100)(H4,79,80,92)(H4,81,82,93)(H4,83,84,94)(H4,85,86,95)(H4,87,88,96)(H4,89,90,97)(H,111,123,131)(H3,91,109,110,130). The van der Waals surface area contributed by atoms with E-state index in [9.17, 15) is 43.2 Å². The Bertz CT molecular complexity index is 5610. The Morgan fingerprint density at radius 3 is 1.34 bits per heavy atom. The zero-order valence-corrected chi connectivity index (χ0v) is 83.7. The Morgan fingerprint density at radius 1 is 0.490 bits per heavy atom. The van der Waals surface area contributed by atoms with Crippen molar-refractivity contribution in [1.82, 2.24) is 146 Å². The van der Waals surface area contributed by atoms with Crippen LogP contribution in [0, 0.1) is 39.4 Å². The van der Waals surface area contributed by atoms with Crippen LogP contribution in [0.3, 0.4) is 0 Å². The van der Waals surface area contributed by atoms with Crippen LogP contribution in [-0.4, -0.2) is 374 Å². The normalized spacial score (nSPS) is 19.6. The van der Waals surface area contributed by atoms with Crippen LogP contribution < -0.4 is 132 Å². The topological polar surface area (TPSA) is 935 Å². The number of aromatic amines is 2. The molecule has 63 nitrogen and oxygen atoms in total. The second kappa shape index (κ2) is 54.1. The first-order chi connectivity index (χ1) is 67.5. The van der Waals surface area contributed by atoms with Crippen molar-refractivity contribution in [3.05, 3.63) is 61.9 Å². The lowest BCUT2D eigenvalue weighted by Crippen LogP contribution is -2.61. The summed E-state index contributed by atoms with van der Waals surface area (Å²) in [5, 5.41) is 93.4. The van der Waals surface area contributed by atoms with E-state index < -0.39 is 204 Å². The number of aryl methyl sites for hydroxylation is 1. The quantitative estimate of drug-likeness (QED) is 0.00565. The minimum Gasteiger partial charge on any atom is -0.382 e. The molecular weight excluding hydrogens is 1940 g/mol. The van der Waals surface area contributed by atoms with E-state index in [1.165, 1.54) is 111 Å². The number of carbonyl (C=O) groups excluding carboxylic acids is 7. The second-order valence-electron chi connectivity index (χ2n) is 34.6. The maximum absolute atomic E-state index is 16.4. The van der Waals surface area contributed by atoms with Crippen LogP contribution in [-0.2, 0) is 75.0 Å². The zero-order valence-electron chi connectivity index (χ0n) is 81.0. The molecule has 16 atom stereocenters. The molecule has 0 aromatic carbocycles. The number of ether oxygens (including phenoxy) is 3. The summed E-state index contributed by atoms with van der Waals surface area (Å²) in [6.07, 6.45) is -4.41. The summed E-state index contributed by atoms with van der Waals surface area (Å²) in [5.41, 5.74) is 43.8. The van der Waals surface area contributed by atoms with Gasteiger partial charge in [-0.15, -0.1) is 0 Å². The molecule has 796 valence electrons. The van der Waals surface area contributed by atoms with Gasteiger partial charge in [-0.3, -0.25) is 118 Å². The molecule has 0 spiro atoms. The second-order valence-corrected chi connectivity index (χ2v) is 42.4. The number of rotatable bonds is 56. The third-order valence-corrected chi connectivity index (χ3v) is 30.0. The number of anilines is 2. The smallest absolute Gasteiger partial charge is 0.345 e. The Balaban J connectivity index is 1.07. The minimum atomic E-state index is -4.48. The van der Waals surface area contributed by atoms with Crippen molar-refractivity contribution < 1.29 is 80.1 Å². The van der Waals surface area contributed by atoms with E-state index in [4.69, 9.17) is 106 Å². The molecule has 0 radical (unpaired) electrons. The van der Waals surface area contributed by atoms with Crippen molar-refractivity contribution in [2.24, 2.45) is 34.4 Å². The number of hydrogen-bond donors (Lipinski definition) is 30. The summed E-state index contributed by atoms with van der Waals surface area (Å²) < 4.78 is 95.7. The highest BCUT2D eigenvalue weighted by molar-refractivity contribution is 7.55. The fraction of sp³-hybridized carbons (Fsp3) is 0.649. The number of nitrogens with one attached hydrogen (secondary N) is 21. The van der Waals surface area contributed by atoms with E-state index in [0.29, 0.717) is 0 Å². The van der Waals surface area contributed by atoms with Crippen LogP contribution in [0.15, 0.2) is 39.6 Å². The summed E-state index contributed by atoms with van der Waals surface area (Å²) in [4.78, 5) is 168. The lowest BCUT2D eigenvalue weighted by molar-refractivity contribution is -0.158. The van der Waals surface area contributed by atoms with Gasteiger partial charge >= 0.3 is 21.0 Å². The Kier molecular flexibility index (Phi) is 43.7. The maximum atomic E-state index is 16.4. The minimum absolute atomic E-state index is 0.00887. The van der Waals surface area contributed by atoms with E-state index >= 15 is 23.5 Å². The number of amides is 7. The van der Waals surface area contributed by atoms with Gasteiger partial charge in [0.05, 0.1) is 82.9 Å². The number of carbonyl (C=O) groups is 7. The molecule has 143 heavy (non-hydrogen) atoms. The van der Waals surface area contributed by atoms with Crippen molar-refractivity contribution in [1.29, 1.82) is 32.5 Å². The number of aliphatic hydroxyl groups is 1. The summed E-state index contributed by atoms with van der Waals surface area (Å²) in [7, 11) is -3.20. The van der Waals surface area contributed by atoms with Crippen molar-refractivity contribution in [3.63, 3.8) is 0 Å². The lowest BCUT2D eigenvalue weighted by Gasteiger charge is -2.45. The Morgan fingerprint density at radius 2 is 0.888 bits per heavy atom. The molecule has 0 aliphatic carbocycles. The SMILES string of the molecule is CC(=O)NC(CCCNC(=N)N)C(=O)NC(CCCNC(=N)N)C(=O)NC(CCCNC(=N)N)C(O)NC(CCCNC(=N)N)C(=O)NC(CCCNC(=N)N)C(=O)NC(CCCNC(=N)N)C(=O)NCC(=O)N1CC(COP(=O)(N(C)C)N2CC(COP(=O)(N(C)C)N3CC(COP(C)(=O)N(C)C)OC(n4cc(C)c(=O)[nH]c4=O)C3)OC(n3cnc4c(N)ncnc43)C2)OC(n2cnc3c(=O)[nH]c(N)nc32)C1. The molecule has 0 saturated carbocycles. The number of nitrogens with zero attached hydrogens (tertiary/aromatic N) is 14. The zero-order chi connectivity index (χ0) is 105. The molecule has 5 aromatic heterocycles. The summed E-state index contributed by atoms with van der Waals surface area (Å²) >= 11 is 0. The first kappa shape index (κ1) is 116. The monoisotopic (exact) mass is 2080 g/mol. The van der Waals surface area contributed by atoms with Gasteiger partial charge < -0.3 is 147 Å². The van der Waals surface area contributed by atoms with E-state index in [1.54, 1.807) is 14.1 Å². The number of aliphatic hydroxyl groups excluding tert-OH is 1. The van der Waals surface area contributed by atoms with E-state index in [1.807, 2.05) is 0 Å². The molecule has 8 rings (SSSR count). The molecule has 16 unspecified atom stereocenters. The van der Waals surface area contributed by atoms with Gasteiger partial charge in [-0.1, -0.05) is 0 Å².